The van der Waals surface area contributed by atoms with Gasteiger partial charge in [0, 0.05) is 26.2 Å². The molecule has 2 aromatic rings. The molecule has 0 saturated heterocycles. The molecule has 106 valence electrons. The number of pyridine rings is 1. The zero-order valence-electron chi connectivity index (χ0n) is 11.2. The maximum Gasteiger partial charge on any atom is 0.270 e. The summed E-state index contributed by atoms with van der Waals surface area (Å²) in [5.41, 5.74) is 1.32. The second kappa shape index (κ2) is 5.68. The van der Waals surface area contributed by atoms with Gasteiger partial charge in [-0.3, -0.25) is 14.0 Å². The molecule has 0 spiro atoms. The molecule has 6 nitrogen and oxygen atoms in total. The molecule has 0 bridgehead atoms. The summed E-state index contributed by atoms with van der Waals surface area (Å²) in [6.45, 7) is 3.72. The number of fused-ring (bicyclic) bond motifs is 1. The molecule has 2 aromatic heterocycles. The highest BCUT2D eigenvalue weighted by molar-refractivity contribution is 5.94. The van der Waals surface area contributed by atoms with Gasteiger partial charge in [0.1, 0.15) is 17.2 Å². The minimum atomic E-state index is -0.442. The number of imidazole rings is 1. The maximum absolute atomic E-state index is 13.3. The summed E-state index contributed by atoms with van der Waals surface area (Å²) in [6, 6.07) is 2.80. The number of carbonyl (C=O) groups is 2. The van der Waals surface area contributed by atoms with E-state index in [2.05, 4.69) is 15.6 Å². The fourth-order valence-electron chi connectivity index (χ4n) is 1.91. The molecule has 2 heterocycles. The molecule has 0 aliphatic rings. The van der Waals surface area contributed by atoms with E-state index >= 15 is 0 Å². The Labute approximate surface area is 115 Å². The van der Waals surface area contributed by atoms with Crippen LogP contribution in [-0.2, 0) is 4.79 Å². The first-order valence-corrected chi connectivity index (χ1v) is 6.16. The summed E-state index contributed by atoms with van der Waals surface area (Å²) in [5, 5.41) is 5.23. The number of aromatic nitrogens is 2. The highest BCUT2D eigenvalue weighted by Crippen LogP contribution is 2.12. The van der Waals surface area contributed by atoms with Crippen molar-refractivity contribution in [1.29, 1.82) is 0 Å². The van der Waals surface area contributed by atoms with Crippen molar-refractivity contribution in [3.05, 3.63) is 35.5 Å². The number of rotatable bonds is 4. The summed E-state index contributed by atoms with van der Waals surface area (Å²) < 4.78 is 14.7. The van der Waals surface area contributed by atoms with E-state index in [0.29, 0.717) is 30.1 Å². The minimum Gasteiger partial charge on any atom is -0.355 e. The normalized spacial score (nSPS) is 10.6. The third-order valence-electron chi connectivity index (χ3n) is 2.76. The van der Waals surface area contributed by atoms with Crippen molar-refractivity contribution in [1.82, 2.24) is 20.0 Å². The molecule has 0 fully saturated rings. The molecule has 0 unspecified atom stereocenters. The standard InChI is InChI=1S/C13H15FN4O2/c1-8-12(13(20)16-6-5-15-9(2)19)18-7-10(14)3-4-11(18)17-8/h3-4,7H,5-6H2,1-2H3,(H,15,19)(H,16,20). The van der Waals surface area contributed by atoms with Crippen molar-refractivity contribution in [2.75, 3.05) is 13.1 Å². The van der Waals surface area contributed by atoms with Gasteiger partial charge in [0.15, 0.2) is 0 Å². The fourth-order valence-corrected chi connectivity index (χ4v) is 1.91. The van der Waals surface area contributed by atoms with Crippen molar-refractivity contribution >= 4 is 17.5 Å². The molecule has 0 saturated carbocycles. The number of hydrogen-bond donors (Lipinski definition) is 2. The van der Waals surface area contributed by atoms with Crippen molar-refractivity contribution in [3.63, 3.8) is 0 Å². The molecule has 2 amide bonds. The van der Waals surface area contributed by atoms with E-state index < -0.39 is 5.82 Å². The second-order valence-electron chi connectivity index (χ2n) is 4.36. The Morgan fingerprint density at radius 1 is 1.30 bits per heavy atom. The predicted molar refractivity (Wildman–Crippen MR) is 70.9 cm³/mol. The third kappa shape index (κ3) is 2.93. The van der Waals surface area contributed by atoms with Gasteiger partial charge in [-0.2, -0.15) is 0 Å². The van der Waals surface area contributed by atoms with Crippen LogP contribution in [0, 0.1) is 12.7 Å². The minimum absolute atomic E-state index is 0.160. The summed E-state index contributed by atoms with van der Waals surface area (Å²) >= 11 is 0. The monoisotopic (exact) mass is 278 g/mol. The van der Waals surface area contributed by atoms with Gasteiger partial charge in [0.25, 0.3) is 5.91 Å². The molecule has 0 radical (unpaired) electrons. The fraction of sp³-hybridized carbons (Fsp3) is 0.308. The van der Waals surface area contributed by atoms with Gasteiger partial charge >= 0.3 is 0 Å². The molecule has 7 heteroatoms. The van der Waals surface area contributed by atoms with Gasteiger partial charge in [-0.15, -0.1) is 0 Å². The third-order valence-corrected chi connectivity index (χ3v) is 2.76. The smallest absolute Gasteiger partial charge is 0.270 e. The van der Waals surface area contributed by atoms with Gasteiger partial charge in [-0.1, -0.05) is 0 Å². The van der Waals surface area contributed by atoms with Crippen molar-refractivity contribution in [2.45, 2.75) is 13.8 Å². The van der Waals surface area contributed by atoms with Gasteiger partial charge in [-0.05, 0) is 19.1 Å². The number of halogens is 1. The van der Waals surface area contributed by atoms with Crippen LogP contribution >= 0.6 is 0 Å². The first-order valence-electron chi connectivity index (χ1n) is 6.16. The predicted octanol–water partition coefficient (Wildman–Crippen LogP) is 0.648. The lowest BCUT2D eigenvalue weighted by molar-refractivity contribution is -0.118. The van der Waals surface area contributed by atoms with Crippen LogP contribution < -0.4 is 10.6 Å². The van der Waals surface area contributed by atoms with E-state index in [1.807, 2.05) is 0 Å². The molecular weight excluding hydrogens is 263 g/mol. The highest BCUT2D eigenvalue weighted by atomic mass is 19.1. The summed E-state index contributed by atoms with van der Waals surface area (Å²) in [6.07, 6.45) is 1.22. The first-order chi connectivity index (χ1) is 9.49. The van der Waals surface area contributed by atoms with E-state index in [-0.39, 0.29) is 11.8 Å². The number of aryl methyl sites for hydroxylation is 1. The van der Waals surface area contributed by atoms with E-state index in [4.69, 9.17) is 0 Å². The average molecular weight is 278 g/mol. The molecule has 0 aliphatic carbocycles. The number of nitrogens with one attached hydrogen (secondary N) is 2. The zero-order chi connectivity index (χ0) is 14.7. The summed E-state index contributed by atoms with van der Waals surface area (Å²) in [5.74, 6) is -0.958. The largest absolute Gasteiger partial charge is 0.355 e. The topological polar surface area (TPSA) is 75.5 Å². The molecule has 2 N–H and O–H groups in total. The van der Waals surface area contributed by atoms with Crippen LogP contribution in [0.3, 0.4) is 0 Å². The summed E-state index contributed by atoms with van der Waals surface area (Å²) in [4.78, 5) is 27.0. The van der Waals surface area contributed by atoms with Gasteiger partial charge in [-0.25, -0.2) is 9.37 Å². The van der Waals surface area contributed by atoms with E-state index in [1.54, 1.807) is 6.92 Å². The van der Waals surface area contributed by atoms with Crippen molar-refractivity contribution in [3.8, 4) is 0 Å². The van der Waals surface area contributed by atoms with Crippen molar-refractivity contribution < 1.29 is 14.0 Å². The van der Waals surface area contributed by atoms with E-state index in [0.717, 1.165) is 0 Å². The Morgan fingerprint density at radius 2 is 2.00 bits per heavy atom. The first kappa shape index (κ1) is 14.0. The summed E-state index contributed by atoms with van der Waals surface area (Å²) in [7, 11) is 0. The van der Waals surface area contributed by atoms with E-state index in [9.17, 15) is 14.0 Å². The Bertz CT molecular complexity index is 666. The average Bonchev–Trinajstić information content (AvgIpc) is 2.69. The van der Waals surface area contributed by atoms with Crippen LogP contribution in [0.4, 0.5) is 4.39 Å². The number of amides is 2. The number of carbonyl (C=O) groups excluding carboxylic acids is 2. The lowest BCUT2D eigenvalue weighted by atomic mass is 10.3. The van der Waals surface area contributed by atoms with Crippen LogP contribution in [0.1, 0.15) is 23.1 Å². The molecule has 0 aromatic carbocycles. The Hall–Kier alpha value is -2.44. The lowest BCUT2D eigenvalue weighted by Crippen LogP contribution is -2.34. The highest BCUT2D eigenvalue weighted by Gasteiger charge is 2.16. The quantitative estimate of drug-likeness (QED) is 0.806. The molecular formula is C13H15FN4O2. The number of hydrogen-bond acceptors (Lipinski definition) is 3. The Balaban J connectivity index is 2.15. The molecule has 0 aliphatic heterocycles. The van der Waals surface area contributed by atoms with Gasteiger partial charge in [0.05, 0.1) is 5.69 Å². The molecule has 2 rings (SSSR count). The van der Waals surface area contributed by atoms with Crippen LogP contribution in [0.2, 0.25) is 0 Å². The second-order valence-corrected chi connectivity index (χ2v) is 4.36. The molecule has 20 heavy (non-hydrogen) atoms. The zero-order valence-corrected chi connectivity index (χ0v) is 11.2. The van der Waals surface area contributed by atoms with Gasteiger partial charge in [0.2, 0.25) is 5.91 Å². The maximum atomic E-state index is 13.3. The van der Waals surface area contributed by atoms with Crippen LogP contribution in [-0.4, -0.2) is 34.3 Å². The number of nitrogens with zero attached hydrogens (tertiary/aromatic N) is 2. The van der Waals surface area contributed by atoms with Crippen LogP contribution in [0.25, 0.3) is 5.65 Å². The van der Waals surface area contributed by atoms with E-state index in [1.165, 1.54) is 29.7 Å². The van der Waals surface area contributed by atoms with Crippen LogP contribution in [0.15, 0.2) is 18.3 Å². The van der Waals surface area contributed by atoms with Crippen LogP contribution in [0.5, 0.6) is 0 Å². The Kier molecular flexibility index (Phi) is 3.97. The van der Waals surface area contributed by atoms with Gasteiger partial charge < -0.3 is 10.6 Å². The molecule has 0 atom stereocenters. The SMILES string of the molecule is CC(=O)NCCNC(=O)c1c(C)nc2ccc(F)cn12. The Morgan fingerprint density at radius 3 is 2.70 bits per heavy atom. The lowest BCUT2D eigenvalue weighted by Gasteiger charge is -2.06. The van der Waals surface area contributed by atoms with Crippen molar-refractivity contribution in [2.24, 2.45) is 0 Å².